The van der Waals surface area contributed by atoms with E-state index in [1.807, 2.05) is 6.07 Å². The van der Waals surface area contributed by atoms with Gasteiger partial charge >= 0.3 is 11.9 Å². The second-order valence-corrected chi connectivity index (χ2v) is 12.5. The fourth-order valence-corrected chi connectivity index (χ4v) is 5.78. The molecule has 45 heavy (non-hydrogen) atoms. The Labute approximate surface area is 262 Å². The maximum Gasteiger partial charge on any atom is 0.323 e. The Balaban J connectivity index is 1.64. The molecule has 1 saturated heterocycles. The molecule has 2 aromatic heterocycles. The predicted octanol–water partition coefficient (Wildman–Crippen LogP) is 2.37. The normalized spacial score (nSPS) is 24.7. The molecule has 4 rings (SSSR count). The van der Waals surface area contributed by atoms with Crippen LogP contribution in [0.25, 0.3) is 5.52 Å². The van der Waals surface area contributed by atoms with E-state index in [9.17, 15) is 24.8 Å². The average molecular weight is 629 g/mol. The average Bonchev–Trinajstić information content (AvgIpc) is 3.56. The van der Waals surface area contributed by atoms with Gasteiger partial charge in [0, 0.05) is 13.0 Å². The molecule has 2 fully saturated rings. The van der Waals surface area contributed by atoms with Gasteiger partial charge in [0.05, 0.1) is 5.69 Å². The predicted molar refractivity (Wildman–Crippen MR) is 160 cm³/mol. The monoisotopic (exact) mass is 628 g/mol. The van der Waals surface area contributed by atoms with Gasteiger partial charge in [0.2, 0.25) is 5.60 Å². The Morgan fingerprint density at radius 1 is 1.27 bits per heavy atom. The molecule has 3 heterocycles. The zero-order valence-corrected chi connectivity index (χ0v) is 26.5. The van der Waals surface area contributed by atoms with Gasteiger partial charge in [-0.3, -0.25) is 14.4 Å². The van der Waals surface area contributed by atoms with Crippen molar-refractivity contribution in [3.8, 4) is 6.07 Å². The SMILES string of the molecule is CCOC(C)(C)C(=O)Nc1ncnn2c([C@]3(C#N)O[C@H](COC(=O)CC4CCCCC4)[C@@H](OC(=O)[C@@H](N)C(C)C)[C@H]3O)ccc12. The lowest BCUT2D eigenvalue weighted by Crippen LogP contribution is -2.46. The Hall–Kier alpha value is -3.64. The number of aromatic nitrogens is 3. The molecule has 1 aliphatic carbocycles. The zero-order valence-electron chi connectivity index (χ0n) is 26.5. The highest BCUT2D eigenvalue weighted by Crippen LogP contribution is 2.42. The topological polar surface area (TPSA) is 200 Å². The minimum Gasteiger partial charge on any atom is -0.463 e. The molecule has 0 unspecified atom stereocenters. The van der Waals surface area contributed by atoms with Gasteiger partial charge in [-0.15, -0.1) is 0 Å². The first kappa shape index (κ1) is 34.2. The van der Waals surface area contributed by atoms with Crippen LogP contribution in [-0.2, 0) is 38.9 Å². The Kier molecular flexibility index (Phi) is 10.8. The number of ether oxygens (including phenoxy) is 4. The molecule has 4 N–H and O–H groups in total. The molecule has 0 bridgehead atoms. The third-order valence-corrected chi connectivity index (χ3v) is 8.55. The van der Waals surface area contributed by atoms with Crippen LogP contribution in [0.3, 0.4) is 0 Å². The summed E-state index contributed by atoms with van der Waals surface area (Å²) in [5, 5.41) is 29.1. The van der Waals surface area contributed by atoms with Crippen LogP contribution in [0.5, 0.6) is 0 Å². The van der Waals surface area contributed by atoms with E-state index in [4.69, 9.17) is 24.7 Å². The van der Waals surface area contributed by atoms with Crippen LogP contribution in [0.2, 0.25) is 0 Å². The molecule has 246 valence electrons. The largest absolute Gasteiger partial charge is 0.463 e. The van der Waals surface area contributed by atoms with Crippen molar-refractivity contribution in [1.82, 2.24) is 14.6 Å². The Morgan fingerprint density at radius 2 is 1.98 bits per heavy atom. The second kappa shape index (κ2) is 14.2. The van der Waals surface area contributed by atoms with Crippen LogP contribution in [-0.4, -0.2) is 80.7 Å². The van der Waals surface area contributed by atoms with E-state index in [2.05, 4.69) is 15.4 Å². The van der Waals surface area contributed by atoms with Gasteiger partial charge in [-0.1, -0.05) is 33.1 Å². The van der Waals surface area contributed by atoms with E-state index in [0.29, 0.717) is 12.1 Å². The van der Waals surface area contributed by atoms with Crippen LogP contribution < -0.4 is 11.1 Å². The molecule has 1 aliphatic heterocycles. The van der Waals surface area contributed by atoms with Crippen molar-refractivity contribution in [2.24, 2.45) is 17.6 Å². The van der Waals surface area contributed by atoms with E-state index < -0.39 is 53.4 Å². The fraction of sp³-hybridized carbons (Fsp3) is 0.677. The molecule has 1 saturated carbocycles. The first-order valence-corrected chi connectivity index (χ1v) is 15.5. The second-order valence-electron chi connectivity index (χ2n) is 12.5. The fourth-order valence-electron chi connectivity index (χ4n) is 5.78. The van der Waals surface area contributed by atoms with E-state index in [-0.39, 0.29) is 36.4 Å². The van der Waals surface area contributed by atoms with Gasteiger partial charge < -0.3 is 35.1 Å². The summed E-state index contributed by atoms with van der Waals surface area (Å²) in [5.41, 5.74) is 3.14. The number of hydrogen-bond acceptors (Lipinski definition) is 12. The standard InChI is InChI=1S/C31H44N6O8/c1-6-43-30(4,5)29(41)36-27-20-12-13-22(37(20)35-17-34-27)31(16-32)26(39)25(44-28(40)24(33)18(2)3)21(45-31)15-42-23(38)14-19-10-8-7-9-11-19/h12-13,17-19,21,24-26,39H,6-11,14-15,33H2,1-5H3,(H,34,35,36,41)/t21-,24+,25-,26-,31+/m1/s1. The molecule has 14 nitrogen and oxygen atoms in total. The van der Waals surface area contributed by atoms with Gasteiger partial charge in [0.15, 0.2) is 11.9 Å². The summed E-state index contributed by atoms with van der Waals surface area (Å²) in [6.07, 6.45) is 2.29. The summed E-state index contributed by atoms with van der Waals surface area (Å²) in [7, 11) is 0. The lowest BCUT2D eigenvalue weighted by molar-refractivity contribution is -0.162. The number of aliphatic hydroxyl groups is 1. The molecule has 0 spiro atoms. The molecule has 14 heteroatoms. The van der Waals surface area contributed by atoms with Crippen molar-refractivity contribution in [1.29, 1.82) is 5.26 Å². The third kappa shape index (κ3) is 7.27. The maximum atomic E-state index is 12.9. The van der Waals surface area contributed by atoms with E-state index in [1.54, 1.807) is 40.7 Å². The number of nitrogens with two attached hydrogens (primary N) is 1. The number of esters is 2. The van der Waals surface area contributed by atoms with Gasteiger partial charge in [-0.25, -0.2) is 9.50 Å². The third-order valence-electron chi connectivity index (χ3n) is 8.55. The number of nitrogens with zero attached hydrogens (tertiary/aromatic N) is 4. The number of carbonyl (C=O) groups excluding carboxylic acids is 3. The first-order valence-electron chi connectivity index (χ1n) is 15.5. The van der Waals surface area contributed by atoms with E-state index in [1.165, 1.54) is 16.9 Å². The number of nitrogens with one attached hydrogen (secondary N) is 1. The molecule has 0 aromatic carbocycles. The van der Waals surface area contributed by atoms with Crippen molar-refractivity contribution in [2.45, 2.75) is 109 Å². The summed E-state index contributed by atoms with van der Waals surface area (Å²) in [6.45, 7) is 8.46. The number of rotatable bonds is 12. The van der Waals surface area contributed by atoms with Crippen molar-refractivity contribution < 1.29 is 38.4 Å². The van der Waals surface area contributed by atoms with Crippen LogP contribution in [0.15, 0.2) is 18.5 Å². The summed E-state index contributed by atoms with van der Waals surface area (Å²) < 4.78 is 24.2. The molecule has 2 aromatic rings. The number of carbonyl (C=O) groups is 3. The highest BCUT2D eigenvalue weighted by atomic mass is 16.6. The summed E-state index contributed by atoms with van der Waals surface area (Å²) in [6, 6.07) is 4.09. The Bertz CT molecular complexity index is 1410. The van der Waals surface area contributed by atoms with Gasteiger partial charge in [-0.05, 0) is 57.6 Å². The number of amides is 1. The van der Waals surface area contributed by atoms with Crippen molar-refractivity contribution >= 4 is 29.2 Å². The van der Waals surface area contributed by atoms with Crippen LogP contribution in [0.4, 0.5) is 5.82 Å². The Morgan fingerprint density at radius 3 is 2.62 bits per heavy atom. The molecular formula is C31H44N6O8. The minimum absolute atomic E-state index is 0.0831. The van der Waals surface area contributed by atoms with Crippen LogP contribution >= 0.6 is 0 Å². The zero-order chi connectivity index (χ0) is 32.9. The van der Waals surface area contributed by atoms with E-state index in [0.717, 1.165) is 32.1 Å². The number of aliphatic hydroxyl groups excluding tert-OH is 1. The number of nitriles is 1. The van der Waals surface area contributed by atoms with Gasteiger partial charge in [0.1, 0.15) is 48.4 Å². The highest BCUT2D eigenvalue weighted by molar-refractivity contribution is 5.98. The van der Waals surface area contributed by atoms with E-state index >= 15 is 0 Å². The quantitative estimate of drug-likeness (QED) is 0.290. The van der Waals surface area contributed by atoms with Gasteiger partial charge in [-0.2, -0.15) is 10.4 Å². The van der Waals surface area contributed by atoms with Crippen molar-refractivity contribution in [2.75, 3.05) is 18.5 Å². The first-order chi connectivity index (χ1) is 21.3. The smallest absolute Gasteiger partial charge is 0.323 e. The van der Waals surface area contributed by atoms with Crippen LogP contribution in [0.1, 0.15) is 78.8 Å². The molecule has 1 amide bonds. The minimum atomic E-state index is -2.11. The summed E-state index contributed by atoms with van der Waals surface area (Å²) in [5.74, 6) is -1.59. The number of hydrogen-bond donors (Lipinski definition) is 3. The lowest BCUT2D eigenvalue weighted by Gasteiger charge is -2.26. The molecular weight excluding hydrogens is 584 g/mol. The van der Waals surface area contributed by atoms with Crippen LogP contribution in [0, 0.1) is 23.2 Å². The molecule has 2 aliphatic rings. The van der Waals surface area contributed by atoms with Gasteiger partial charge in [0.25, 0.3) is 5.91 Å². The molecule has 0 radical (unpaired) electrons. The summed E-state index contributed by atoms with van der Waals surface area (Å²) in [4.78, 5) is 42.8. The molecule has 5 atom stereocenters. The maximum absolute atomic E-state index is 12.9. The highest BCUT2D eigenvalue weighted by Gasteiger charge is 2.60. The van der Waals surface area contributed by atoms with Crippen molar-refractivity contribution in [3.05, 3.63) is 24.2 Å². The number of anilines is 1. The van der Waals surface area contributed by atoms with Crippen molar-refractivity contribution in [3.63, 3.8) is 0 Å². The lowest BCUT2D eigenvalue weighted by atomic mass is 9.87. The summed E-state index contributed by atoms with van der Waals surface area (Å²) >= 11 is 0. The number of fused-ring (bicyclic) bond motifs is 1.